The number of rotatable bonds is 5. The van der Waals surface area contributed by atoms with Crippen LogP contribution < -0.4 is 16.6 Å². The summed E-state index contributed by atoms with van der Waals surface area (Å²) in [5.41, 5.74) is 6.91. The average molecular weight is 337 g/mol. The highest BCUT2D eigenvalue weighted by Crippen LogP contribution is 2.33. The Labute approximate surface area is 144 Å². The molecule has 2 aromatic carbocycles. The van der Waals surface area contributed by atoms with Gasteiger partial charge in [0, 0.05) is 5.39 Å². The Morgan fingerprint density at radius 2 is 1.96 bits per heavy atom. The number of phenols is 1. The predicted octanol–water partition coefficient (Wildman–Crippen LogP) is 2.27. The summed E-state index contributed by atoms with van der Waals surface area (Å²) in [5.74, 6) is 6.01. The molecule has 1 atom stereocenters. The fraction of sp³-hybridized carbons (Fsp3) is 0.167. The van der Waals surface area contributed by atoms with Gasteiger partial charge in [0.25, 0.3) is 5.91 Å². The number of nitrogens with two attached hydrogens (primary N) is 2. The normalized spacial score (nSPS) is 12.1. The number of aromatic hydroxyl groups is 1. The lowest BCUT2D eigenvalue weighted by Crippen LogP contribution is -2.36. The van der Waals surface area contributed by atoms with Crippen molar-refractivity contribution < 1.29 is 9.90 Å². The van der Waals surface area contributed by atoms with Crippen LogP contribution in [-0.2, 0) is 0 Å². The molecule has 0 aliphatic carbocycles. The largest absolute Gasteiger partial charge is 0.508 e. The highest BCUT2D eigenvalue weighted by Gasteiger charge is 2.21. The van der Waals surface area contributed by atoms with Gasteiger partial charge >= 0.3 is 0 Å². The highest BCUT2D eigenvalue weighted by molar-refractivity contribution is 6.07. The Kier molecular flexibility index (Phi) is 4.49. The van der Waals surface area contributed by atoms with Gasteiger partial charge in [-0.1, -0.05) is 37.3 Å². The second-order valence-corrected chi connectivity index (χ2v) is 5.69. The summed E-state index contributed by atoms with van der Waals surface area (Å²) in [7, 11) is 0. The van der Waals surface area contributed by atoms with E-state index in [0.717, 1.165) is 12.0 Å². The molecule has 1 unspecified atom stereocenters. The molecular formula is C18H19N5O2. The summed E-state index contributed by atoms with van der Waals surface area (Å²) in [5, 5.41) is 12.0. The molecule has 0 aliphatic heterocycles. The molecule has 7 heteroatoms. The Morgan fingerprint density at radius 1 is 1.24 bits per heavy atom. The number of phenolic OH excluding ortho intramolecular Hbond substituents is 1. The summed E-state index contributed by atoms with van der Waals surface area (Å²) in [6.45, 7) is 2.02. The van der Waals surface area contributed by atoms with Gasteiger partial charge in [0.15, 0.2) is 5.82 Å². The summed E-state index contributed by atoms with van der Waals surface area (Å²) >= 11 is 0. The van der Waals surface area contributed by atoms with E-state index in [1.807, 2.05) is 37.3 Å². The fourth-order valence-corrected chi connectivity index (χ4v) is 2.95. The van der Waals surface area contributed by atoms with Crippen molar-refractivity contribution in [1.29, 1.82) is 0 Å². The van der Waals surface area contributed by atoms with E-state index in [2.05, 4.69) is 9.97 Å². The van der Waals surface area contributed by atoms with Crippen molar-refractivity contribution in [1.82, 2.24) is 9.97 Å². The molecule has 7 nitrogen and oxygen atoms in total. The maximum Gasteiger partial charge on any atom is 0.251 e. The SMILES string of the molecule is CCC(c1ccccc1)N(N)c1ncnc2c(C(N)=O)cc(O)cc12. The first kappa shape index (κ1) is 16.7. The van der Waals surface area contributed by atoms with Crippen LogP contribution in [0.15, 0.2) is 48.8 Å². The quantitative estimate of drug-likeness (QED) is 0.485. The zero-order valence-corrected chi connectivity index (χ0v) is 13.8. The number of anilines is 1. The molecule has 0 saturated heterocycles. The van der Waals surface area contributed by atoms with Crippen LogP contribution in [-0.4, -0.2) is 21.0 Å². The number of hydrazine groups is 1. The second-order valence-electron chi connectivity index (χ2n) is 5.69. The zero-order chi connectivity index (χ0) is 18.0. The Hall–Kier alpha value is -3.19. The minimum Gasteiger partial charge on any atom is -0.508 e. The van der Waals surface area contributed by atoms with Gasteiger partial charge in [0.05, 0.1) is 17.1 Å². The van der Waals surface area contributed by atoms with Crippen molar-refractivity contribution in [2.24, 2.45) is 11.6 Å². The number of amides is 1. The summed E-state index contributed by atoms with van der Waals surface area (Å²) in [4.78, 5) is 20.1. The van der Waals surface area contributed by atoms with Crippen molar-refractivity contribution >= 4 is 22.6 Å². The Balaban J connectivity index is 2.16. The monoisotopic (exact) mass is 337 g/mol. The van der Waals surface area contributed by atoms with Crippen molar-refractivity contribution in [3.05, 3.63) is 59.9 Å². The predicted molar refractivity (Wildman–Crippen MR) is 95.9 cm³/mol. The first-order valence-corrected chi connectivity index (χ1v) is 7.89. The Morgan fingerprint density at radius 3 is 2.60 bits per heavy atom. The molecule has 128 valence electrons. The minimum atomic E-state index is -0.677. The van der Waals surface area contributed by atoms with Crippen LogP contribution in [0.4, 0.5) is 5.82 Å². The van der Waals surface area contributed by atoms with Crippen LogP contribution in [0.5, 0.6) is 5.75 Å². The van der Waals surface area contributed by atoms with Gasteiger partial charge in [-0.25, -0.2) is 15.8 Å². The fourth-order valence-electron chi connectivity index (χ4n) is 2.95. The summed E-state index contributed by atoms with van der Waals surface area (Å²) in [6.07, 6.45) is 2.08. The van der Waals surface area contributed by atoms with E-state index in [0.29, 0.717) is 16.7 Å². The van der Waals surface area contributed by atoms with Gasteiger partial charge in [-0.15, -0.1) is 0 Å². The van der Waals surface area contributed by atoms with Crippen molar-refractivity contribution in [2.45, 2.75) is 19.4 Å². The molecule has 0 fully saturated rings. The van der Waals surface area contributed by atoms with Gasteiger partial charge in [0.1, 0.15) is 12.1 Å². The molecule has 0 bridgehead atoms. The number of primary amides is 1. The van der Waals surface area contributed by atoms with E-state index in [9.17, 15) is 9.90 Å². The molecule has 1 amide bonds. The van der Waals surface area contributed by atoms with E-state index < -0.39 is 5.91 Å². The van der Waals surface area contributed by atoms with Gasteiger partial charge < -0.3 is 10.8 Å². The van der Waals surface area contributed by atoms with Gasteiger partial charge in [-0.05, 0) is 24.1 Å². The lowest BCUT2D eigenvalue weighted by atomic mass is 10.0. The van der Waals surface area contributed by atoms with E-state index in [1.54, 1.807) is 0 Å². The van der Waals surface area contributed by atoms with E-state index >= 15 is 0 Å². The minimum absolute atomic E-state index is 0.0986. The lowest BCUT2D eigenvalue weighted by molar-refractivity contribution is 0.100. The third kappa shape index (κ3) is 3.09. The Bertz CT molecular complexity index is 914. The van der Waals surface area contributed by atoms with Crippen molar-refractivity contribution in [3.63, 3.8) is 0 Å². The standard InChI is InChI=1S/C18H19N5O2/c1-2-15(11-6-4-3-5-7-11)23(20)18-14-9-12(24)8-13(17(19)25)16(14)21-10-22-18/h3-10,15,24H,2,20H2,1H3,(H2,19,25). The van der Waals surface area contributed by atoms with Crippen LogP contribution in [0, 0.1) is 0 Å². The van der Waals surface area contributed by atoms with Crippen molar-refractivity contribution in [3.8, 4) is 5.75 Å². The first-order chi connectivity index (χ1) is 12.0. The van der Waals surface area contributed by atoms with E-state index in [4.69, 9.17) is 11.6 Å². The first-order valence-electron chi connectivity index (χ1n) is 7.89. The maximum atomic E-state index is 11.7. The van der Waals surface area contributed by atoms with E-state index in [1.165, 1.54) is 23.5 Å². The molecular weight excluding hydrogens is 318 g/mol. The number of hydrogen-bond donors (Lipinski definition) is 3. The van der Waals surface area contributed by atoms with Gasteiger partial charge in [0.2, 0.25) is 0 Å². The van der Waals surface area contributed by atoms with E-state index in [-0.39, 0.29) is 17.4 Å². The molecule has 0 spiro atoms. The van der Waals surface area contributed by atoms with Gasteiger partial charge in [-0.3, -0.25) is 9.80 Å². The number of fused-ring (bicyclic) bond motifs is 1. The number of carbonyl (C=O) groups excluding carboxylic acids is 1. The molecule has 1 heterocycles. The maximum absolute atomic E-state index is 11.7. The molecule has 0 radical (unpaired) electrons. The van der Waals surface area contributed by atoms with Crippen LogP contribution in [0.25, 0.3) is 10.9 Å². The third-order valence-corrected chi connectivity index (χ3v) is 4.12. The highest BCUT2D eigenvalue weighted by atomic mass is 16.3. The number of carbonyl (C=O) groups is 1. The molecule has 3 rings (SSSR count). The number of hydrogen-bond acceptors (Lipinski definition) is 6. The molecule has 0 aliphatic rings. The van der Waals surface area contributed by atoms with Gasteiger partial charge in [-0.2, -0.15) is 0 Å². The summed E-state index contributed by atoms with van der Waals surface area (Å²) < 4.78 is 0. The average Bonchev–Trinajstić information content (AvgIpc) is 2.61. The topological polar surface area (TPSA) is 118 Å². The van der Waals surface area contributed by atoms with Crippen LogP contribution in [0.2, 0.25) is 0 Å². The molecule has 0 saturated carbocycles. The number of nitrogens with zero attached hydrogens (tertiary/aromatic N) is 3. The molecule has 3 aromatic rings. The van der Waals surface area contributed by atoms with Crippen LogP contribution in [0.3, 0.4) is 0 Å². The lowest BCUT2D eigenvalue weighted by Gasteiger charge is -2.28. The summed E-state index contributed by atoms with van der Waals surface area (Å²) in [6, 6.07) is 12.5. The second kappa shape index (κ2) is 6.74. The number of aromatic nitrogens is 2. The molecule has 1 aromatic heterocycles. The van der Waals surface area contributed by atoms with Crippen LogP contribution >= 0.6 is 0 Å². The smallest absolute Gasteiger partial charge is 0.251 e. The number of benzene rings is 2. The van der Waals surface area contributed by atoms with Crippen molar-refractivity contribution in [2.75, 3.05) is 5.01 Å². The zero-order valence-electron chi connectivity index (χ0n) is 13.8. The van der Waals surface area contributed by atoms with Crippen LogP contribution in [0.1, 0.15) is 35.3 Å². The molecule has 25 heavy (non-hydrogen) atoms. The molecule has 5 N–H and O–H groups in total. The third-order valence-electron chi connectivity index (χ3n) is 4.12.